The number of amides is 2. The Labute approximate surface area is 199 Å². The van der Waals surface area contributed by atoms with Gasteiger partial charge in [-0.1, -0.05) is 53.6 Å². The Bertz CT molecular complexity index is 1090. The van der Waals surface area contributed by atoms with Crippen LogP contribution in [0.5, 0.6) is 0 Å². The Morgan fingerprint density at radius 3 is 2.09 bits per heavy atom. The van der Waals surface area contributed by atoms with Crippen molar-refractivity contribution in [2.24, 2.45) is 0 Å². The summed E-state index contributed by atoms with van der Waals surface area (Å²) in [5.74, 6) is -3.42. The normalized spacial score (nSPS) is 13.1. The fraction of sp³-hybridized carbons (Fsp3) is 0.360. The molecule has 2 amide bonds. The average molecular weight is 500 g/mol. The largest absolute Gasteiger partial charge is 0.406 e. The minimum Gasteiger partial charge on any atom is -0.343 e. The van der Waals surface area contributed by atoms with Crippen LogP contribution in [0.2, 0.25) is 0 Å². The van der Waals surface area contributed by atoms with Crippen molar-refractivity contribution in [2.45, 2.75) is 39.0 Å². The van der Waals surface area contributed by atoms with Crippen molar-refractivity contribution in [1.82, 2.24) is 10.2 Å². The standard InChI is InChI=1S/C25H26F6N2O2/c1-15-9-16(2)11-19(10-15)21(25(29,30)31)8-6-18-5-7-20(17(3)12-18)23(35)32-13-22(34)33(4)14-24(26,27)28/h5-12,21H,13-14H2,1-4H3,(H,32,35)/b8-6+. The van der Waals surface area contributed by atoms with Crippen LogP contribution in [0.4, 0.5) is 26.3 Å². The van der Waals surface area contributed by atoms with Gasteiger partial charge >= 0.3 is 12.4 Å². The van der Waals surface area contributed by atoms with E-state index in [0.29, 0.717) is 16.0 Å². The molecule has 1 N–H and O–H groups in total. The van der Waals surface area contributed by atoms with Gasteiger partial charge in [-0.25, -0.2) is 0 Å². The lowest BCUT2D eigenvalue weighted by Gasteiger charge is -2.19. The van der Waals surface area contributed by atoms with Gasteiger partial charge in [-0.15, -0.1) is 0 Å². The molecule has 0 aliphatic heterocycles. The zero-order valence-corrected chi connectivity index (χ0v) is 19.6. The number of alkyl halides is 6. The van der Waals surface area contributed by atoms with Crippen LogP contribution in [0.3, 0.4) is 0 Å². The maximum Gasteiger partial charge on any atom is 0.406 e. The summed E-state index contributed by atoms with van der Waals surface area (Å²) in [5, 5.41) is 2.26. The number of hydrogen-bond acceptors (Lipinski definition) is 2. The molecule has 1 unspecified atom stereocenters. The van der Waals surface area contributed by atoms with Crippen LogP contribution in [-0.4, -0.2) is 49.2 Å². The SMILES string of the molecule is Cc1cc(C)cc(C(/C=C/c2ccc(C(=O)NCC(=O)N(C)CC(F)(F)F)c(C)c2)C(F)(F)F)c1. The molecule has 0 bridgehead atoms. The number of rotatable bonds is 7. The Hall–Kier alpha value is -3.30. The van der Waals surface area contributed by atoms with Crippen molar-refractivity contribution < 1.29 is 35.9 Å². The van der Waals surface area contributed by atoms with E-state index in [1.165, 1.54) is 36.4 Å². The molecule has 1 atom stereocenters. The molecule has 0 fully saturated rings. The van der Waals surface area contributed by atoms with Crippen molar-refractivity contribution >= 4 is 17.9 Å². The van der Waals surface area contributed by atoms with Gasteiger partial charge in [0.1, 0.15) is 6.54 Å². The smallest absolute Gasteiger partial charge is 0.343 e. The molecule has 0 saturated carbocycles. The molecule has 0 saturated heterocycles. The molecule has 0 aliphatic rings. The van der Waals surface area contributed by atoms with Crippen molar-refractivity contribution in [3.63, 3.8) is 0 Å². The van der Waals surface area contributed by atoms with Gasteiger partial charge in [0.2, 0.25) is 5.91 Å². The summed E-state index contributed by atoms with van der Waals surface area (Å²) < 4.78 is 78.3. The second-order valence-electron chi connectivity index (χ2n) is 8.42. The molecule has 0 aromatic heterocycles. The van der Waals surface area contributed by atoms with E-state index in [1.54, 1.807) is 26.8 Å². The summed E-state index contributed by atoms with van der Waals surface area (Å²) in [7, 11) is 0.973. The highest BCUT2D eigenvalue weighted by molar-refractivity contribution is 5.97. The van der Waals surface area contributed by atoms with Crippen molar-refractivity contribution in [3.05, 3.63) is 75.9 Å². The molecule has 35 heavy (non-hydrogen) atoms. The number of likely N-dealkylation sites (N-methyl/N-ethyl adjacent to an activating group) is 1. The van der Waals surface area contributed by atoms with Gasteiger partial charge in [-0.3, -0.25) is 9.59 Å². The molecular weight excluding hydrogens is 474 g/mol. The van der Waals surface area contributed by atoms with Gasteiger partial charge in [0, 0.05) is 12.6 Å². The van der Waals surface area contributed by atoms with E-state index < -0.39 is 43.2 Å². The van der Waals surface area contributed by atoms with Crippen molar-refractivity contribution in [3.8, 4) is 0 Å². The molecule has 0 heterocycles. The monoisotopic (exact) mass is 500 g/mol. The fourth-order valence-corrected chi connectivity index (χ4v) is 3.59. The van der Waals surface area contributed by atoms with E-state index in [-0.39, 0.29) is 11.1 Å². The van der Waals surface area contributed by atoms with Gasteiger partial charge in [0.25, 0.3) is 5.91 Å². The first kappa shape index (κ1) is 27.9. The van der Waals surface area contributed by atoms with E-state index in [1.807, 2.05) is 0 Å². The summed E-state index contributed by atoms with van der Waals surface area (Å²) in [4.78, 5) is 24.6. The molecule has 0 spiro atoms. The lowest BCUT2D eigenvalue weighted by molar-refractivity contribution is -0.157. The number of nitrogens with one attached hydrogen (secondary N) is 1. The van der Waals surface area contributed by atoms with E-state index in [4.69, 9.17) is 0 Å². The summed E-state index contributed by atoms with van der Waals surface area (Å²) in [6, 6.07) is 9.11. The lowest BCUT2D eigenvalue weighted by Crippen LogP contribution is -2.42. The lowest BCUT2D eigenvalue weighted by atomic mass is 9.93. The number of nitrogens with zero attached hydrogens (tertiary/aromatic N) is 1. The minimum atomic E-state index is -4.56. The number of carbonyl (C=O) groups is 2. The van der Waals surface area contributed by atoms with E-state index in [9.17, 15) is 35.9 Å². The third kappa shape index (κ3) is 8.45. The number of benzene rings is 2. The molecule has 4 nitrogen and oxygen atoms in total. The number of carbonyl (C=O) groups excluding carboxylic acids is 2. The minimum absolute atomic E-state index is 0.124. The fourth-order valence-electron chi connectivity index (χ4n) is 3.59. The maximum atomic E-state index is 13.7. The Morgan fingerprint density at radius 1 is 0.971 bits per heavy atom. The van der Waals surface area contributed by atoms with Crippen molar-refractivity contribution in [2.75, 3.05) is 20.1 Å². The molecule has 10 heteroatoms. The van der Waals surface area contributed by atoms with Gasteiger partial charge in [0.15, 0.2) is 0 Å². The van der Waals surface area contributed by atoms with Crippen LogP contribution in [0.25, 0.3) is 6.08 Å². The number of allylic oxidation sites excluding steroid dienone is 1. The van der Waals surface area contributed by atoms with E-state index in [2.05, 4.69) is 5.32 Å². The highest BCUT2D eigenvalue weighted by atomic mass is 19.4. The molecule has 2 aromatic carbocycles. The number of hydrogen-bond donors (Lipinski definition) is 1. The average Bonchev–Trinajstić information content (AvgIpc) is 2.69. The third-order valence-corrected chi connectivity index (χ3v) is 5.17. The van der Waals surface area contributed by atoms with Crippen LogP contribution < -0.4 is 5.32 Å². The van der Waals surface area contributed by atoms with Gasteiger partial charge in [-0.2, -0.15) is 26.3 Å². The Morgan fingerprint density at radius 2 is 1.57 bits per heavy atom. The quantitative estimate of drug-likeness (QED) is 0.495. The first-order valence-corrected chi connectivity index (χ1v) is 10.6. The molecule has 2 aromatic rings. The Kier molecular flexibility index (Phi) is 8.75. The first-order chi connectivity index (χ1) is 16.1. The highest BCUT2D eigenvalue weighted by Gasteiger charge is 2.39. The van der Waals surface area contributed by atoms with Crippen LogP contribution in [0, 0.1) is 20.8 Å². The van der Waals surface area contributed by atoms with Crippen LogP contribution in [-0.2, 0) is 4.79 Å². The Balaban J connectivity index is 2.14. The summed E-state index contributed by atoms with van der Waals surface area (Å²) in [6.07, 6.45) is -6.69. The van der Waals surface area contributed by atoms with Gasteiger partial charge in [-0.05, 0) is 43.5 Å². The van der Waals surface area contributed by atoms with Crippen LogP contribution >= 0.6 is 0 Å². The summed E-state index contributed by atoms with van der Waals surface area (Å²) in [5.41, 5.74) is 2.57. The van der Waals surface area contributed by atoms with E-state index in [0.717, 1.165) is 24.3 Å². The number of halogens is 6. The highest BCUT2D eigenvalue weighted by Crippen LogP contribution is 2.37. The second-order valence-corrected chi connectivity index (χ2v) is 8.42. The van der Waals surface area contributed by atoms with Crippen molar-refractivity contribution in [1.29, 1.82) is 0 Å². The summed E-state index contributed by atoms with van der Waals surface area (Å²) in [6.45, 7) is 2.94. The topological polar surface area (TPSA) is 49.4 Å². The number of aryl methyl sites for hydroxylation is 3. The molecule has 0 radical (unpaired) electrons. The van der Waals surface area contributed by atoms with Crippen LogP contribution in [0.1, 0.15) is 44.1 Å². The second kappa shape index (κ2) is 11.0. The maximum absolute atomic E-state index is 13.7. The van der Waals surface area contributed by atoms with E-state index >= 15 is 0 Å². The summed E-state index contributed by atoms with van der Waals surface area (Å²) >= 11 is 0. The molecule has 0 aliphatic carbocycles. The van der Waals surface area contributed by atoms with Gasteiger partial charge in [0.05, 0.1) is 12.5 Å². The van der Waals surface area contributed by atoms with Crippen LogP contribution in [0.15, 0.2) is 42.5 Å². The predicted molar refractivity (Wildman–Crippen MR) is 121 cm³/mol. The molecule has 2 rings (SSSR count). The third-order valence-electron chi connectivity index (χ3n) is 5.17. The zero-order valence-electron chi connectivity index (χ0n) is 19.6. The zero-order chi connectivity index (χ0) is 26.6. The molecule has 190 valence electrons. The van der Waals surface area contributed by atoms with Gasteiger partial charge < -0.3 is 10.2 Å². The molecular formula is C25H26F6N2O2. The predicted octanol–water partition coefficient (Wildman–Crippen LogP) is 5.72. The first-order valence-electron chi connectivity index (χ1n) is 10.6.